The zero-order valence-electron chi connectivity index (χ0n) is 51.5. The molecule has 2 heterocycles. The van der Waals surface area contributed by atoms with Crippen LogP contribution in [-0.2, 0) is 28.4 Å². The quantitative estimate of drug-likeness (QED) is 0.0259. The number of aliphatic hydroxyl groups is 1. The third-order valence-electron chi connectivity index (χ3n) is 16.1. The summed E-state index contributed by atoms with van der Waals surface area (Å²) in [6, 6.07) is 31.4. The molecule has 0 aliphatic carbocycles. The Balaban J connectivity index is 0.915. The van der Waals surface area contributed by atoms with Crippen molar-refractivity contribution in [1.29, 1.82) is 0 Å². The molecule has 0 spiro atoms. The summed E-state index contributed by atoms with van der Waals surface area (Å²) in [7, 11) is 0. The molecule has 4 aromatic carbocycles. The summed E-state index contributed by atoms with van der Waals surface area (Å²) >= 11 is 0. The number of benzene rings is 4. The fourth-order valence-corrected chi connectivity index (χ4v) is 11.4. The number of carbonyl (C=O) groups excluding carboxylic acids is 2. The molecule has 83 heavy (non-hydrogen) atoms. The molecule has 11 heteroatoms. The Bertz CT molecular complexity index is 2380. The van der Waals surface area contributed by atoms with Gasteiger partial charge in [0.05, 0.1) is 68.1 Å². The molecule has 7 unspecified atom stereocenters. The molecule has 2 aliphatic rings. The van der Waals surface area contributed by atoms with Crippen LogP contribution in [0.15, 0.2) is 109 Å². The van der Waals surface area contributed by atoms with E-state index in [-0.39, 0.29) is 42.6 Å². The molecule has 2 saturated heterocycles. The van der Waals surface area contributed by atoms with Crippen molar-refractivity contribution >= 4 is 11.9 Å². The minimum Gasteiger partial charge on any atom is -0.494 e. The third-order valence-corrected chi connectivity index (χ3v) is 16.1. The van der Waals surface area contributed by atoms with Crippen LogP contribution in [0.3, 0.4) is 0 Å². The lowest BCUT2D eigenvalue weighted by atomic mass is 9.95. The summed E-state index contributed by atoms with van der Waals surface area (Å²) in [5.74, 6) is 1.16. The van der Waals surface area contributed by atoms with Gasteiger partial charge in [-0.05, 0) is 161 Å². The van der Waals surface area contributed by atoms with Crippen LogP contribution in [0.2, 0.25) is 0 Å². The highest BCUT2D eigenvalue weighted by atomic mass is 16.7. The number of carbonyl (C=O) groups is 2. The van der Waals surface area contributed by atoms with Gasteiger partial charge in [0.25, 0.3) is 0 Å². The van der Waals surface area contributed by atoms with Gasteiger partial charge in [-0.2, -0.15) is 0 Å². The van der Waals surface area contributed by atoms with Crippen molar-refractivity contribution in [3.05, 3.63) is 120 Å². The number of aliphatic hydroxyl groups excluding tert-OH is 1. The van der Waals surface area contributed by atoms with Gasteiger partial charge in [0.2, 0.25) is 0 Å². The van der Waals surface area contributed by atoms with E-state index in [0.29, 0.717) is 44.0 Å². The molecule has 2 fully saturated rings. The van der Waals surface area contributed by atoms with Crippen LogP contribution in [0.1, 0.15) is 235 Å². The Kier molecular flexibility index (Phi) is 32.0. The summed E-state index contributed by atoms with van der Waals surface area (Å²) in [6.07, 6.45) is 32.4. The highest BCUT2D eigenvalue weighted by Crippen LogP contribution is 2.35. The number of rotatable bonds is 41. The molecule has 0 amide bonds. The topological polar surface area (TPSA) is 128 Å². The molecule has 0 saturated carbocycles. The van der Waals surface area contributed by atoms with Crippen LogP contribution >= 0.6 is 0 Å². The number of unbranched alkanes of at least 4 members (excludes halogenated alkanes) is 18. The first-order valence-corrected chi connectivity index (χ1v) is 32.6. The van der Waals surface area contributed by atoms with Crippen molar-refractivity contribution in [3.63, 3.8) is 0 Å². The maximum absolute atomic E-state index is 12.0. The molecule has 6 rings (SSSR count). The second-order valence-corrected chi connectivity index (χ2v) is 23.2. The number of allylic oxidation sites excluding steroid dienone is 1. The SMILES string of the molecule is CCCCCCCC1OC(CC)CC(CC2CC(CC(C)O)OC(/C(=C/CCCCCCCCCCOc3ccc(-c4ccc(C(=O)OCC)cc4)cc3)CCCCCCCCCOc3ccc(-c4ccc(C(=O)OCC)cc4)cc3)O2)O1. The monoisotopic (exact) mass is 1140 g/mol. The lowest BCUT2D eigenvalue weighted by molar-refractivity contribution is -0.268. The molecular formula is C72H104O11. The number of esters is 2. The van der Waals surface area contributed by atoms with Crippen molar-refractivity contribution in [2.24, 2.45) is 0 Å². The van der Waals surface area contributed by atoms with E-state index in [1.165, 1.54) is 95.5 Å². The molecule has 1 N–H and O–H groups in total. The van der Waals surface area contributed by atoms with Gasteiger partial charge in [-0.25, -0.2) is 9.59 Å². The first-order valence-electron chi connectivity index (χ1n) is 32.6. The van der Waals surface area contributed by atoms with E-state index in [0.717, 1.165) is 117 Å². The standard InChI is InChI=1S/C72H104O11/c1-6-10-11-20-27-32-69-80-63(7-2)52-67(81-69)54-68-53-66(51-55(5)73)82-72(83-68)62(31-26-22-17-15-19-24-29-50-79-65-47-43-59(44-48-65)57-35-39-61(40-36-57)71(75)77-9-4)30-25-21-16-13-12-14-18-23-28-49-78-64-45-41-58(42-46-64)56-33-37-60(38-34-56)70(74)76-8-3/h30,33-48,55,63,66-69,72-73H,6-29,31-32,49-54H2,1-5H3/b62-30+. The van der Waals surface area contributed by atoms with Crippen LogP contribution < -0.4 is 9.47 Å². The molecule has 458 valence electrons. The number of hydrogen-bond acceptors (Lipinski definition) is 11. The van der Waals surface area contributed by atoms with E-state index in [1.54, 1.807) is 0 Å². The van der Waals surface area contributed by atoms with Gasteiger partial charge in [0.15, 0.2) is 12.6 Å². The van der Waals surface area contributed by atoms with Gasteiger partial charge in [-0.1, -0.05) is 165 Å². The smallest absolute Gasteiger partial charge is 0.338 e. The molecule has 11 nitrogen and oxygen atoms in total. The lowest BCUT2D eigenvalue weighted by Crippen LogP contribution is -2.44. The van der Waals surface area contributed by atoms with E-state index in [1.807, 2.05) is 93.6 Å². The predicted molar refractivity (Wildman–Crippen MR) is 334 cm³/mol. The molecular weight excluding hydrogens is 1040 g/mol. The molecule has 0 aromatic heterocycles. The lowest BCUT2D eigenvalue weighted by Gasteiger charge is -2.41. The van der Waals surface area contributed by atoms with Crippen molar-refractivity contribution in [2.75, 3.05) is 26.4 Å². The largest absolute Gasteiger partial charge is 0.494 e. The van der Waals surface area contributed by atoms with Crippen LogP contribution in [0.5, 0.6) is 11.5 Å². The van der Waals surface area contributed by atoms with Gasteiger partial charge >= 0.3 is 11.9 Å². The van der Waals surface area contributed by atoms with Crippen LogP contribution in [-0.4, -0.2) is 86.6 Å². The minimum atomic E-state index is -0.447. The van der Waals surface area contributed by atoms with E-state index in [4.69, 9.17) is 37.9 Å². The summed E-state index contributed by atoms with van der Waals surface area (Å²) in [5, 5.41) is 10.6. The van der Waals surface area contributed by atoms with Crippen LogP contribution in [0.25, 0.3) is 22.3 Å². The first-order chi connectivity index (χ1) is 40.6. The molecule has 0 bridgehead atoms. The molecule has 0 radical (unpaired) electrons. The second kappa shape index (κ2) is 39.6. The van der Waals surface area contributed by atoms with Crippen molar-refractivity contribution in [1.82, 2.24) is 0 Å². The number of ether oxygens (including phenoxy) is 8. The van der Waals surface area contributed by atoms with Crippen LogP contribution in [0.4, 0.5) is 0 Å². The average Bonchev–Trinajstić information content (AvgIpc) is 3.51. The Labute approximate surface area is 499 Å². The van der Waals surface area contributed by atoms with Crippen molar-refractivity contribution in [3.8, 4) is 33.8 Å². The summed E-state index contributed by atoms with van der Waals surface area (Å²) in [6.45, 7) is 12.1. The van der Waals surface area contributed by atoms with Gasteiger partial charge < -0.3 is 43.0 Å². The minimum absolute atomic E-state index is 0.00669. The molecule has 2 aliphatic heterocycles. The first kappa shape index (κ1) is 67.1. The fraction of sp³-hybridized carbons (Fsp3) is 0.611. The highest BCUT2D eigenvalue weighted by molar-refractivity contribution is 5.90. The van der Waals surface area contributed by atoms with E-state index < -0.39 is 12.4 Å². The van der Waals surface area contributed by atoms with Gasteiger partial charge in [0, 0.05) is 19.3 Å². The Morgan fingerprint density at radius 3 is 1.42 bits per heavy atom. The van der Waals surface area contributed by atoms with Gasteiger partial charge in [-0.15, -0.1) is 0 Å². The molecule has 7 atom stereocenters. The van der Waals surface area contributed by atoms with Crippen molar-refractivity contribution in [2.45, 2.75) is 258 Å². The maximum Gasteiger partial charge on any atom is 0.338 e. The average molecular weight is 1150 g/mol. The summed E-state index contributed by atoms with van der Waals surface area (Å²) in [5.41, 5.74) is 6.65. The van der Waals surface area contributed by atoms with Crippen LogP contribution in [0, 0.1) is 0 Å². The molecule has 4 aromatic rings. The second-order valence-electron chi connectivity index (χ2n) is 23.2. The number of hydrogen-bond donors (Lipinski definition) is 1. The zero-order chi connectivity index (χ0) is 58.7. The Morgan fingerprint density at radius 2 is 0.928 bits per heavy atom. The maximum atomic E-state index is 12.0. The highest BCUT2D eigenvalue weighted by Gasteiger charge is 2.37. The summed E-state index contributed by atoms with van der Waals surface area (Å²) in [4.78, 5) is 24.1. The van der Waals surface area contributed by atoms with Crippen molar-refractivity contribution < 1.29 is 52.6 Å². The summed E-state index contributed by atoms with van der Waals surface area (Å²) < 4.78 is 49.3. The third kappa shape index (κ3) is 25.6. The Morgan fingerprint density at radius 1 is 0.506 bits per heavy atom. The van der Waals surface area contributed by atoms with Gasteiger partial charge in [-0.3, -0.25) is 0 Å². The van der Waals surface area contributed by atoms with E-state index in [2.05, 4.69) is 44.2 Å². The fourth-order valence-electron chi connectivity index (χ4n) is 11.4. The van der Waals surface area contributed by atoms with E-state index in [9.17, 15) is 14.7 Å². The Hall–Kier alpha value is -5.04. The van der Waals surface area contributed by atoms with Gasteiger partial charge in [0.1, 0.15) is 11.5 Å². The zero-order valence-corrected chi connectivity index (χ0v) is 51.5. The van der Waals surface area contributed by atoms with E-state index >= 15 is 0 Å². The normalized spacial score (nSPS) is 19.5. The predicted octanol–water partition coefficient (Wildman–Crippen LogP) is 18.3.